The number of hydrogen-bond acceptors (Lipinski definition) is 4. The summed E-state index contributed by atoms with van der Waals surface area (Å²) in [6.45, 7) is 4.16. The normalized spacial score (nSPS) is 16.0. The summed E-state index contributed by atoms with van der Waals surface area (Å²) in [6.07, 6.45) is 3.71. The maximum absolute atomic E-state index is 12.3. The standard InChI is InChI=1S/C20H24N2O3S/c1-3-13-5-4-6-14(10-13)25-11-17(23)22-20-18(19(21)24)15-8-7-12(2)9-16(15)26-20/h4-6,10,12H,3,7-9,11H2,1-2H3,(H2,21,24)(H,22,23). The third-order valence-corrected chi connectivity index (χ3v) is 5.86. The molecule has 3 N–H and O–H groups in total. The summed E-state index contributed by atoms with van der Waals surface area (Å²) in [5, 5.41) is 3.37. The van der Waals surface area contributed by atoms with Crippen molar-refractivity contribution in [2.24, 2.45) is 11.7 Å². The second-order valence-corrected chi connectivity index (χ2v) is 7.86. The summed E-state index contributed by atoms with van der Waals surface area (Å²) in [5.41, 5.74) is 8.20. The molecule has 0 spiro atoms. The molecule has 1 aliphatic rings. The van der Waals surface area contributed by atoms with Crippen LogP contribution in [0.1, 0.15) is 46.6 Å². The maximum atomic E-state index is 12.3. The highest BCUT2D eigenvalue weighted by atomic mass is 32.1. The van der Waals surface area contributed by atoms with Crippen molar-refractivity contribution in [2.75, 3.05) is 11.9 Å². The van der Waals surface area contributed by atoms with Crippen LogP contribution >= 0.6 is 11.3 Å². The molecule has 0 radical (unpaired) electrons. The average molecular weight is 372 g/mol. The lowest BCUT2D eigenvalue weighted by Gasteiger charge is -2.18. The summed E-state index contributed by atoms with van der Waals surface area (Å²) < 4.78 is 5.58. The highest BCUT2D eigenvalue weighted by Crippen LogP contribution is 2.39. The van der Waals surface area contributed by atoms with Gasteiger partial charge in [-0.1, -0.05) is 26.0 Å². The number of aryl methyl sites for hydroxylation is 1. The lowest BCUT2D eigenvalue weighted by atomic mass is 9.88. The van der Waals surface area contributed by atoms with Crippen molar-refractivity contribution in [3.8, 4) is 5.75 Å². The molecule has 1 heterocycles. The molecular weight excluding hydrogens is 348 g/mol. The van der Waals surface area contributed by atoms with Crippen LogP contribution in [-0.4, -0.2) is 18.4 Å². The van der Waals surface area contributed by atoms with Crippen molar-refractivity contribution in [1.82, 2.24) is 0 Å². The zero-order valence-electron chi connectivity index (χ0n) is 15.1. The van der Waals surface area contributed by atoms with Crippen LogP contribution in [-0.2, 0) is 24.1 Å². The van der Waals surface area contributed by atoms with Gasteiger partial charge in [0.15, 0.2) is 6.61 Å². The van der Waals surface area contributed by atoms with E-state index in [-0.39, 0.29) is 12.5 Å². The van der Waals surface area contributed by atoms with Crippen LogP contribution in [0.5, 0.6) is 5.75 Å². The van der Waals surface area contributed by atoms with Crippen molar-refractivity contribution in [1.29, 1.82) is 0 Å². The number of anilines is 1. The average Bonchev–Trinajstić information content (AvgIpc) is 2.97. The Morgan fingerprint density at radius 2 is 2.19 bits per heavy atom. The molecule has 2 amide bonds. The summed E-state index contributed by atoms with van der Waals surface area (Å²) in [7, 11) is 0. The number of benzene rings is 1. The first-order valence-electron chi connectivity index (χ1n) is 8.93. The van der Waals surface area contributed by atoms with Gasteiger partial charge in [-0.15, -0.1) is 11.3 Å². The van der Waals surface area contributed by atoms with Crippen LogP contribution in [0.25, 0.3) is 0 Å². The van der Waals surface area contributed by atoms with Crippen LogP contribution in [0, 0.1) is 5.92 Å². The van der Waals surface area contributed by atoms with Crippen molar-refractivity contribution < 1.29 is 14.3 Å². The van der Waals surface area contributed by atoms with E-state index in [0.717, 1.165) is 41.7 Å². The van der Waals surface area contributed by atoms with Gasteiger partial charge in [0.25, 0.3) is 11.8 Å². The highest BCUT2D eigenvalue weighted by molar-refractivity contribution is 7.17. The highest BCUT2D eigenvalue weighted by Gasteiger charge is 2.27. The van der Waals surface area contributed by atoms with E-state index in [2.05, 4.69) is 19.2 Å². The molecule has 5 nitrogen and oxygen atoms in total. The van der Waals surface area contributed by atoms with E-state index in [9.17, 15) is 9.59 Å². The quantitative estimate of drug-likeness (QED) is 0.813. The zero-order valence-corrected chi connectivity index (χ0v) is 15.9. The Bertz CT molecular complexity index is 828. The molecule has 2 aromatic rings. The first-order chi connectivity index (χ1) is 12.5. The van der Waals surface area contributed by atoms with Crippen LogP contribution < -0.4 is 15.8 Å². The molecule has 0 saturated carbocycles. The Hall–Kier alpha value is -2.34. The van der Waals surface area contributed by atoms with E-state index in [1.165, 1.54) is 11.3 Å². The first-order valence-corrected chi connectivity index (χ1v) is 9.75. The van der Waals surface area contributed by atoms with Crippen LogP contribution in [0.4, 0.5) is 5.00 Å². The van der Waals surface area contributed by atoms with E-state index < -0.39 is 5.91 Å². The lowest BCUT2D eigenvalue weighted by Crippen LogP contribution is -2.22. The first kappa shape index (κ1) is 18.5. The number of nitrogens with two attached hydrogens (primary N) is 1. The topological polar surface area (TPSA) is 81.4 Å². The number of thiophene rings is 1. The Kier molecular flexibility index (Phi) is 5.61. The molecule has 0 aliphatic heterocycles. The number of rotatable bonds is 6. The van der Waals surface area contributed by atoms with E-state index >= 15 is 0 Å². The molecule has 0 fully saturated rings. The Morgan fingerprint density at radius 1 is 1.38 bits per heavy atom. The molecule has 6 heteroatoms. The fourth-order valence-corrected chi connectivity index (χ4v) is 4.70. The van der Waals surface area contributed by atoms with E-state index in [1.54, 1.807) is 0 Å². The molecule has 1 aromatic carbocycles. The Labute approximate surface area is 157 Å². The number of hydrogen-bond donors (Lipinski definition) is 2. The second kappa shape index (κ2) is 7.91. The smallest absolute Gasteiger partial charge is 0.262 e. The number of ether oxygens (including phenoxy) is 1. The van der Waals surface area contributed by atoms with Gasteiger partial charge in [-0.2, -0.15) is 0 Å². The number of nitrogens with one attached hydrogen (secondary N) is 1. The van der Waals surface area contributed by atoms with E-state index in [0.29, 0.717) is 22.2 Å². The van der Waals surface area contributed by atoms with Gasteiger partial charge in [0.2, 0.25) is 0 Å². The number of fused-ring (bicyclic) bond motifs is 1. The minimum absolute atomic E-state index is 0.107. The molecule has 26 heavy (non-hydrogen) atoms. The fourth-order valence-electron chi connectivity index (χ4n) is 3.27. The van der Waals surface area contributed by atoms with E-state index in [1.807, 2.05) is 24.3 Å². The molecule has 138 valence electrons. The van der Waals surface area contributed by atoms with Gasteiger partial charge >= 0.3 is 0 Å². The van der Waals surface area contributed by atoms with Crippen molar-refractivity contribution in [3.05, 3.63) is 45.8 Å². The zero-order chi connectivity index (χ0) is 18.7. The van der Waals surface area contributed by atoms with Gasteiger partial charge in [0.05, 0.1) is 5.56 Å². The molecule has 0 bridgehead atoms. The third-order valence-electron chi connectivity index (χ3n) is 4.69. The number of amides is 2. The minimum Gasteiger partial charge on any atom is -0.484 e. The maximum Gasteiger partial charge on any atom is 0.262 e. The number of carbonyl (C=O) groups is 2. The predicted octanol–water partition coefficient (Wildman–Crippen LogP) is 3.55. The Morgan fingerprint density at radius 3 is 2.92 bits per heavy atom. The van der Waals surface area contributed by atoms with Crippen molar-refractivity contribution >= 4 is 28.2 Å². The number of carbonyl (C=O) groups excluding carboxylic acids is 2. The Balaban J connectivity index is 1.70. The SMILES string of the molecule is CCc1cccc(OCC(=O)Nc2sc3c(c2C(N)=O)CCC(C)C3)c1. The van der Waals surface area contributed by atoms with Crippen LogP contribution in [0.15, 0.2) is 24.3 Å². The van der Waals surface area contributed by atoms with Gasteiger partial charge in [-0.05, 0) is 54.9 Å². The molecule has 1 atom stereocenters. The monoisotopic (exact) mass is 372 g/mol. The van der Waals surface area contributed by atoms with Gasteiger partial charge in [0.1, 0.15) is 10.8 Å². The van der Waals surface area contributed by atoms with Gasteiger partial charge < -0.3 is 15.8 Å². The minimum atomic E-state index is -0.482. The summed E-state index contributed by atoms with van der Waals surface area (Å²) in [5.74, 6) is 0.471. The van der Waals surface area contributed by atoms with Crippen molar-refractivity contribution in [2.45, 2.75) is 39.5 Å². The summed E-state index contributed by atoms with van der Waals surface area (Å²) in [6, 6.07) is 7.68. The van der Waals surface area contributed by atoms with Crippen LogP contribution in [0.2, 0.25) is 0 Å². The third kappa shape index (κ3) is 4.07. The van der Waals surface area contributed by atoms with Gasteiger partial charge in [0, 0.05) is 4.88 Å². The molecule has 1 aliphatic carbocycles. The summed E-state index contributed by atoms with van der Waals surface area (Å²) in [4.78, 5) is 25.4. The molecular formula is C20H24N2O3S. The molecule has 0 saturated heterocycles. The summed E-state index contributed by atoms with van der Waals surface area (Å²) >= 11 is 1.46. The second-order valence-electron chi connectivity index (χ2n) is 6.76. The van der Waals surface area contributed by atoms with Gasteiger partial charge in [-0.3, -0.25) is 9.59 Å². The van der Waals surface area contributed by atoms with Gasteiger partial charge in [-0.25, -0.2) is 0 Å². The van der Waals surface area contributed by atoms with E-state index in [4.69, 9.17) is 10.5 Å². The largest absolute Gasteiger partial charge is 0.484 e. The van der Waals surface area contributed by atoms with Crippen molar-refractivity contribution in [3.63, 3.8) is 0 Å². The molecule has 1 aromatic heterocycles. The molecule has 1 unspecified atom stereocenters. The molecule has 3 rings (SSSR count). The number of primary amides is 1. The predicted molar refractivity (Wildman–Crippen MR) is 104 cm³/mol. The van der Waals surface area contributed by atoms with Crippen LogP contribution in [0.3, 0.4) is 0 Å². The fraction of sp³-hybridized carbons (Fsp3) is 0.400. The lowest BCUT2D eigenvalue weighted by molar-refractivity contribution is -0.118.